The minimum Gasteiger partial charge on any atom is -0.489 e. The molecule has 0 spiro atoms. The van der Waals surface area contributed by atoms with Crippen molar-refractivity contribution in [3.63, 3.8) is 0 Å². The summed E-state index contributed by atoms with van der Waals surface area (Å²) in [5.41, 5.74) is 4.64. The summed E-state index contributed by atoms with van der Waals surface area (Å²) in [6.07, 6.45) is 0.783. The number of ether oxygens (including phenoxy) is 4. The second-order valence-electron chi connectivity index (χ2n) is 11.1. The Balaban J connectivity index is 0.000000198. The van der Waals surface area contributed by atoms with Crippen LogP contribution in [0, 0.1) is 0 Å². The van der Waals surface area contributed by atoms with Crippen molar-refractivity contribution in [3.05, 3.63) is 188 Å². The molecule has 0 aliphatic carbocycles. The van der Waals surface area contributed by atoms with Crippen molar-refractivity contribution in [2.45, 2.75) is 26.4 Å². The molecule has 51 heavy (non-hydrogen) atoms. The lowest BCUT2D eigenvalue weighted by molar-refractivity contribution is 0.0690. The van der Waals surface area contributed by atoms with Gasteiger partial charge in [0.25, 0.3) is 0 Å². The number of rotatable bonds is 14. The minimum atomic E-state index is -1.06. The fourth-order valence-corrected chi connectivity index (χ4v) is 5.91. The van der Waals surface area contributed by atoms with Crippen molar-refractivity contribution in [3.8, 4) is 23.0 Å². The van der Waals surface area contributed by atoms with E-state index in [-0.39, 0.29) is 17.9 Å². The van der Waals surface area contributed by atoms with E-state index >= 15 is 0 Å². The molecule has 258 valence electrons. The van der Waals surface area contributed by atoms with E-state index in [1.54, 1.807) is 24.3 Å². The van der Waals surface area contributed by atoms with Crippen LogP contribution < -0.4 is 18.9 Å². The predicted molar refractivity (Wildman–Crippen MR) is 204 cm³/mol. The molecule has 0 unspecified atom stereocenters. The van der Waals surface area contributed by atoms with Gasteiger partial charge in [0.1, 0.15) is 55.0 Å². The largest absolute Gasteiger partial charge is 0.489 e. The summed E-state index contributed by atoms with van der Waals surface area (Å²) < 4.78 is 24.3. The van der Waals surface area contributed by atoms with Crippen LogP contribution in [-0.4, -0.2) is 17.4 Å². The molecule has 6 aromatic carbocycles. The zero-order valence-electron chi connectivity index (χ0n) is 27.4. The quantitative estimate of drug-likeness (QED) is 0.110. The van der Waals surface area contributed by atoms with E-state index < -0.39 is 5.97 Å². The number of carboxylic acids is 1. The summed E-state index contributed by atoms with van der Waals surface area (Å²) >= 11 is 6.73. The van der Waals surface area contributed by atoms with E-state index in [2.05, 4.69) is 31.9 Å². The molecule has 0 saturated heterocycles. The van der Waals surface area contributed by atoms with Crippen molar-refractivity contribution in [1.82, 2.24) is 0 Å². The van der Waals surface area contributed by atoms with Crippen LogP contribution in [0.25, 0.3) is 0 Å². The van der Waals surface area contributed by atoms with Crippen LogP contribution >= 0.6 is 31.9 Å². The molecule has 7 nitrogen and oxygen atoms in total. The third kappa shape index (κ3) is 11.3. The Kier molecular flexibility index (Phi) is 13.8. The SMILES string of the molecule is O=C(O)c1c(Br)cc(OCc2ccccc2)cc1OCc1ccccc1.O=Cc1c(Br)cc(OCc2ccccc2)cc1OCc1ccccc1. The van der Waals surface area contributed by atoms with Crippen LogP contribution in [0.5, 0.6) is 23.0 Å². The molecule has 0 saturated carbocycles. The number of carbonyl (C=O) groups excluding carboxylic acids is 1. The number of carboxylic acid groups (broad SMARTS) is 1. The molecule has 1 N–H and O–H groups in total. The van der Waals surface area contributed by atoms with Crippen LogP contribution in [0.15, 0.2) is 155 Å². The molecule has 0 aliphatic heterocycles. The first-order valence-electron chi connectivity index (χ1n) is 15.9. The molecule has 0 aromatic heterocycles. The fraction of sp³-hybridized carbons (Fsp3) is 0.0952. The van der Waals surface area contributed by atoms with Gasteiger partial charge in [-0.05, 0) is 66.2 Å². The highest BCUT2D eigenvalue weighted by atomic mass is 79.9. The summed E-state index contributed by atoms with van der Waals surface area (Å²) in [5.74, 6) is 0.878. The second-order valence-corrected chi connectivity index (χ2v) is 12.8. The Morgan fingerprint density at radius 2 is 0.863 bits per heavy atom. The number of hydrogen-bond donors (Lipinski definition) is 1. The molecule has 9 heteroatoms. The van der Waals surface area contributed by atoms with E-state index in [0.717, 1.165) is 28.5 Å². The highest BCUT2D eigenvalue weighted by Crippen LogP contribution is 2.34. The van der Waals surface area contributed by atoms with Crippen molar-refractivity contribution >= 4 is 44.1 Å². The molecule has 0 radical (unpaired) electrons. The van der Waals surface area contributed by atoms with E-state index in [9.17, 15) is 14.7 Å². The molecule has 0 aliphatic rings. The van der Waals surface area contributed by atoms with Gasteiger partial charge in [0, 0.05) is 21.1 Å². The molecular formula is C42H34Br2O7. The lowest BCUT2D eigenvalue weighted by Crippen LogP contribution is -2.06. The number of aldehydes is 1. The second kappa shape index (κ2) is 19.1. The maximum atomic E-state index is 11.6. The predicted octanol–water partition coefficient (Wildman–Crippen LogP) is 10.7. The molecule has 0 atom stereocenters. The van der Waals surface area contributed by atoms with Crippen LogP contribution in [-0.2, 0) is 26.4 Å². The smallest absolute Gasteiger partial charge is 0.340 e. The standard InChI is InChI=1S/C21H17BrO4.C21H17BrO3/c22-18-11-17(25-13-15-7-3-1-4-8-15)12-19(20(18)21(23)24)26-14-16-9-5-2-6-10-16;22-20-11-18(24-14-16-7-3-1-4-8-16)12-21(19(20)13-23)25-15-17-9-5-2-6-10-17/h1-12H,13-14H2,(H,23,24);1-13H,14-15H2. The van der Waals surface area contributed by atoms with E-state index in [0.29, 0.717) is 51.6 Å². The van der Waals surface area contributed by atoms with Crippen LogP contribution in [0.4, 0.5) is 0 Å². The third-order valence-corrected chi connectivity index (χ3v) is 8.68. The molecule has 0 amide bonds. The molecular weight excluding hydrogens is 776 g/mol. The van der Waals surface area contributed by atoms with Crippen molar-refractivity contribution in [2.24, 2.45) is 0 Å². The Hall–Kier alpha value is -5.38. The van der Waals surface area contributed by atoms with Crippen molar-refractivity contribution in [2.75, 3.05) is 0 Å². The maximum Gasteiger partial charge on any atom is 0.340 e. The molecule has 0 fully saturated rings. The average molecular weight is 811 g/mol. The fourth-order valence-electron chi connectivity index (χ4n) is 4.80. The zero-order chi connectivity index (χ0) is 35.8. The zero-order valence-corrected chi connectivity index (χ0v) is 30.6. The van der Waals surface area contributed by atoms with Gasteiger partial charge in [0.05, 0.1) is 5.56 Å². The van der Waals surface area contributed by atoms with E-state index in [1.165, 1.54) is 0 Å². The Labute approximate surface area is 313 Å². The summed E-state index contributed by atoms with van der Waals surface area (Å²) in [7, 11) is 0. The van der Waals surface area contributed by atoms with Gasteiger partial charge in [-0.15, -0.1) is 0 Å². The molecule has 0 heterocycles. The van der Waals surface area contributed by atoms with Crippen molar-refractivity contribution < 1.29 is 33.6 Å². The van der Waals surface area contributed by atoms with E-state index in [4.69, 9.17) is 18.9 Å². The van der Waals surface area contributed by atoms with Gasteiger partial charge in [-0.3, -0.25) is 4.79 Å². The number of benzene rings is 6. The maximum absolute atomic E-state index is 11.6. The number of hydrogen-bond acceptors (Lipinski definition) is 6. The van der Waals surface area contributed by atoms with Gasteiger partial charge >= 0.3 is 5.97 Å². The molecule has 0 bridgehead atoms. The normalized spacial score (nSPS) is 10.3. The summed E-state index contributed by atoms with van der Waals surface area (Å²) in [6, 6.07) is 45.8. The monoisotopic (exact) mass is 808 g/mol. The number of carbonyl (C=O) groups is 2. The first-order valence-corrected chi connectivity index (χ1v) is 17.5. The van der Waals surface area contributed by atoms with Gasteiger partial charge < -0.3 is 24.1 Å². The number of halogens is 2. The van der Waals surface area contributed by atoms with Gasteiger partial charge in [0.2, 0.25) is 0 Å². The Morgan fingerprint density at radius 3 is 1.25 bits per heavy atom. The van der Waals surface area contributed by atoms with Crippen LogP contribution in [0.3, 0.4) is 0 Å². The highest BCUT2D eigenvalue weighted by Gasteiger charge is 2.18. The topological polar surface area (TPSA) is 91.3 Å². The average Bonchev–Trinajstić information content (AvgIpc) is 3.16. The van der Waals surface area contributed by atoms with Crippen LogP contribution in [0.1, 0.15) is 43.0 Å². The first kappa shape index (κ1) is 36.9. The lowest BCUT2D eigenvalue weighted by atomic mass is 10.2. The van der Waals surface area contributed by atoms with Gasteiger partial charge in [-0.1, -0.05) is 121 Å². The summed E-state index contributed by atoms with van der Waals surface area (Å²) in [4.78, 5) is 23.0. The molecule has 6 aromatic rings. The summed E-state index contributed by atoms with van der Waals surface area (Å²) in [5, 5.41) is 9.49. The van der Waals surface area contributed by atoms with E-state index in [1.807, 2.05) is 121 Å². The van der Waals surface area contributed by atoms with Gasteiger partial charge in [0.15, 0.2) is 6.29 Å². The van der Waals surface area contributed by atoms with Gasteiger partial charge in [-0.25, -0.2) is 4.79 Å². The lowest BCUT2D eigenvalue weighted by Gasteiger charge is -2.14. The third-order valence-electron chi connectivity index (χ3n) is 7.40. The Morgan fingerprint density at radius 1 is 0.510 bits per heavy atom. The van der Waals surface area contributed by atoms with Crippen molar-refractivity contribution in [1.29, 1.82) is 0 Å². The first-order chi connectivity index (χ1) is 24.9. The number of aromatic carboxylic acids is 1. The Bertz CT molecular complexity index is 2010. The van der Waals surface area contributed by atoms with Gasteiger partial charge in [-0.2, -0.15) is 0 Å². The highest BCUT2D eigenvalue weighted by molar-refractivity contribution is 9.10. The minimum absolute atomic E-state index is 0.0768. The molecule has 6 rings (SSSR count). The summed E-state index contributed by atoms with van der Waals surface area (Å²) in [6.45, 7) is 1.50. The van der Waals surface area contributed by atoms with Crippen LogP contribution in [0.2, 0.25) is 0 Å².